The summed E-state index contributed by atoms with van der Waals surface area (Å²) in [5.74, 6) is 0. The Morgan fingerprint density at radius 3 is 1.33 bits per heavy atom. The number of hydrogen-bond acceptors (Lipinski definition) is 1. The van der Waals surface area contributed by atoms with Gasteiger partial charge in [-0.25, -0.2) is 0 Å². The zero-order chi connectivity index (χ0) is 4.24. The molecule has 1 nitrogen and oxygen atoms in total. The second kappa shape index (κ2) is 10.6. The molecule has 0 amide bonds. The summed E-state index contributed by atoms with van der Waals surface area (Å²) in [6.45, 7) is 0. The molecule has 0 unspecified atom stereocenters. The maximum absolute atomic E-state index is 3.78. The number of aromatic nitrogens is 1. The fourth-order valence-corrected chi connectivity index (χ4v) is 0.313. The van der Waals surface area contributed by atoms with E-state index in [0.29, 0.717) is 0 Å². The van der Waals surface area contributed by atoms with Crippen LogP contribution in [-0.4, -0.2) is 4.98 Å². The van der Waals surface area contributed by atoms with Crippen LogP contribution >= 0.6 is 0 Å². The summed E-state index contributed by atoms with van der Waals surface area (Å²) >= 11 is 0. The van der Waals surface area contributed by atoms with Gasteiger partial charge in [-0.3, -0.25) is 4.98 Å². The smallest absolute Gasteiger partial charge is 0.358 e. The Hall–Kier alpha value is -0.331. The van der Waals surface area contributed by atoms with Crippen LogP contribution in [0.25, 0.3) is 0 Å². The van der Waals surface area contributed by atoms with Gasteiger partial charge in [-0.2, -0.15) is 0 Å². The average molecular weight is 164 g/mol. The summed E-state index contributed by atoms with van der Waals surface area (Å²) in [6, 6.07) is 5.72. The SMILES string of the molecule is [CH3-].[CH3-].[Mn+2].c1ccncc1. The minimum Gasteiger partial charge on any atom is -0.358 e. The van der Waals surface area contributed by atoms with Gasteiger partial charge in [-0.1, -0.05) is 6.07 Å². The Morgan fingerprint density at radius 2 is 1.22 bits per heavy atom. The molecular formula is C7H11MnN. The van der Waals surface area contributed by atoms with Crippen molar-refractivity contribution in [1.29, 1.82) is 0 Å². The Morgan fingerprint density at radius 1 is 0.778 bits per heavy atom. The van der Waals surface area contributed by atoms with Crippen LogP contribution < -0.4 is 0 Å². The predicted molar refractivity (Wildman–Crippen MR) is 37.1 cm³/mol. The van der Waals surface area contributed by atoms with Crippen molar-refractivity contribution in [1.82, 2.24) is 4.98 Å². The van der Waals surface area contributed by atoms with E-state index in [1.165, 1.54) is 0 Å². The third-order valence-corrected chi connectivity index (χ3v) is 0.566. The Balaban J connectivity index is -0.000000120. The van der Waals surface area contributed by atoms with Gasteiger partial charge in [0.25, 0.3) is 0 Å². The normalized spacial score (nSPS) is 5.33. The van der Waals surface area contributed by atoms with Gasteiger partial charge in [0.2, 0.25) is 0 Å². The summed E-state index contributed by atoms with van der Waals surface area (Å²) in [6.07, 6.45) is 3.50. The summed E-state index contributed by atoms with van der Waals surface area (Å²) in [7, 11) is 0. The molecule has 0 saturated carbocycles. The molecular weight excluding hydrogens is 153 g/mol. The van der Waals surface area contributed by atoms with E-state index in [1.807, 2.05) is 18.2 Å². The number of hydrogen-bond donors (Lipinski definition) is 0. The molecule has 0 saturated heterocycles. The van der Waals surface area contributed by atoms with E-state index in [4.69, 9.17) is 0 Å². The zero-order valence-electron chi connectivity index (χ0n) is 5.71. The molecule has 0 aliphatic rings. The largest absolute Gasteiger partial charge is 2.00 e. The second-order valence-corrected chi connectivity index (χ2v) is 1.02. The predicted octanol–water partition coefficient (Wildman–Crippen LogP) is 1.98. The molecule has 0 atom stereocenters. The van der Waals surface area contributed by atoms with Crippen LogP contribution in [0.5, 0.6) is 0 Å². The molecule has 2 heteroatoms. The van der Waals surface area contributed by atoms with E-state index in [1.54, 1.807) is 12.4 Å². The van der Waals surface area contributed by atoms with Crippen LogP contribution in [0, 0.1) is 14.9 Å². The first-order chi connectivity index (χ1) is 3.00. The van der Waals surface area contributed by atoms with Gasteiger partial charge in [0.15, 0.2) is 0 Å². The van der Waals surface area contributed by atoms with Crippen molar-refractivity contribution in [2.75, 3.05) is 0 Å². The van der Waals surface area contributed by atoms with E-state index in [-0.39, 0.29) is 31.9 Å². The number of rotatable bonds is 0. The first-order valence-electron chi connectivity index (χ1n) is 1.85. The second-order valence-electron chi connectivity index (χ2n) is 1.02. The van der Waals surface area contributed by atoms with Gasteiger partial charge in [0.1, 0.15) is 0 Å². The monoisotopic (exact) mass is 164 g/mol. The Bertz CT molecular complexity index is 80.8. The van der Waals surface area contributed by atoms with Crippen LogP contribution in [-0.2, 0) is 17.1 Å². The first kappa shape index (κ1) is 15.9. The summed E-state index contributed by atoms with van der Waals surface area (Å²) in [5, 5.41) is 0. The van der Waals surface area contributed by atoms with E-state index >= 15 is 0 Å². The third-order valence-electron chi connectivity index (χ3n) is 0.566. The van der Waals surface area contributed by atoms with Crippen LogP contribution in [0.3, 0.4) is 0 Å². The number of nitrogens with zero attached hydrogens (tertiary/aromatic N) is 1. The van der Waals surface area contributed by atoms with Crippen molar-refractivity contribution >= 4 is 0 Å². The van der Waals surface area contributed by atoms with E-state index in [0.717, 1.165) is 0 Å². The van der Waals surface area contributed by atoms with Crippen molar-refractivity contribution in [3.8, 4) is 0 Å². The maximum Gasteiger partial charge on any atom is 2.00 e. The van der Waals surface area contributed by atoms with Gasteiger partial charge in [-0.15, -0.1) is 0 Å². The summed E-state index contributed by atoms with van der Waals surface area (Å²) in [4.78, 5) is 3.78. The summed E-state index contributed by atoms with van der Waals surface area (Å²) < 4.78 is 0. The molecule has 1 rings (SSSR count). The Kier molecular flexibility index (Phi) is 18.7. The van der Waals surface area contributed by atoms with Crippen LogP contribution in [0.4, 0.5) is 0 Å². The van der Waals surface area contributed by atoms with Crippen molar-refractivity contribution in [3.05, 3.63) is 45.4 Å². The van der Waals surface area contributed by atoms with Crippen molar-refractivity contribution in [3.63, 3.8) is 0 Å². The molecule has 0 fully saturated rings. The first-order valence-corrected chi connectivity index (χ1v) is 1.85. The topological polar surface area (TPSA) is 12.9 Å². The minimum absolute atomic E-state index is 0. The van der Waals surface area contributed by atoms with E-state index in [9.17, 15) is 0 Å². The molecule has 0 bridgehead atoms. The Labute approximate surface area is 68.0 Å². The van der Waals surface area contributed by atoms with Gasteiger partial charge < -0.3 is 14.9 Å². The quantitative estimate of drug-likeness (QED) is 0.422. The van der Waals surface area contributed by atoms with Crippen molar-refractivity contribution in [2.45, 2.75) is 0 Å². The zero-order valence-corrected chi connectivity index (χ0v) is 6.89. The molecule has 51 valence electrons. The molecule has 0 aliphatic carbocycles. The molecule has 1 radical (unpaired) electrons. The molecule has 0 spiro atoms. The molecule has 1 heterocycles. The van der Waals surface area contributed by atoms with E-state index < -0.39 is 0 Å². The van der Waals surface area contributed by atoms with E-state index in [2.05, 4.69) is 4.98 Å². The standard InChI is InChI=1S/C5H5N.2CH3.Mn/c1-2-4-6-5-3-1;;;/h1-5H;2*1H3;/q;2*-1;+2. The van der Waals surface area contributed by atoms with Crippen LogP contribution in [0.15, 0.2) is 30.6 Å². The van der Waals surface area contributed by atoms with Crippen LogP contribution in [0.1, 0.15) is 0 Å². The maximum atomic E-state index is 3.78. The third kappa shape index (κ3) is 7.67. The molecule has 1 aromatic heterocycles. The molecule has 9 heavy (non-hydrogen) atoms. The molecule has 0 N–H and O–H groups in total. The fourth-order valence-electron chi connectivity index (χ4n) is 0.313. The van der Waals surface area contributed by atoms with Crippen molar-refractivity contribution < 1.29 is 17.1 Å². The van der Waals surface area contributed by atoms with Gasteiger partial charge in [0.05, 0.1) is 0 Å². The number of pyridine rings is 1. The van der Waals surface area contributed by atoms with Crippen molar-refractivity contribution in [2.24, 2.45) is 0 Å². The van der Waals surface area contributed by atoms with Gasteiger partial charge in [0, 0.05) is 12.4 Å². The van der Waals surface area contributed by atoms with Gasteiger partial charge >= 0.3 is 17.1 Å². The fraction of sp³-hybridized carbons (Fsp3) is 0. The average Bonchev–Trinajstić information content (AvgIpc) is 1.72. The summed E-state index contributed by atoms with van der Waals surface area (Å²) in [5.41, 5.74) is 0. The van der Waals surface area contributed by atoms with Crippen LogP contribution in [0.2, 0.25) is 0 Å². The molecule has 0 aromatic carbocycles. The molecule has 0 aliphatic heterocycles. The van der Waals surface area contributed by atoms with Gasteiger partial charge in [-0.05, 0) is 12.1 Å². The molecule has 1 aromatic rings. The minimum atomic E-state index is 0.